The second-order valence-electron chi connectivity index (χ2n) is 11.2. The predicted octanol–water partition coefficient (Wildman–Crippen LogP) is 5.63. The molecule has 0 amide bonds. The van der Waals surface area contributed by atoms with Gasteiger partial charge in [0.2, 0.25) is 0 Å². The molecule has 0 aliphatic carbocycles. The number of esters is 1. The molecule has 2 N–H and O–H groups in total. The number of ketones is 1. The van der Waals surface area contributed by atoms with E-state index in [-0.39, 0.29) is 18.1 Å². The van der Waals surface area contributed by atoms with Gasteiger partial charge in [-0.05, 0) is 62.3 Å². The van der Waals surface area contributed by atoms with Gasteiger partial charge >= 0.3 is 5.97 Å². The second kappa shape index (κ2) is 11.7. The number of Topliss-reactive ketones (excluding diaryl/α,β-unsaturated/α-hetero) is 1. The Morgan fingerprint density at radius 2 is 1.81 bits per heavy atom. The van der Waals surface area contributed by atoms with Crippen molar-refractivity contribution in [1.29, 1.82) is 0 Å². The number of hydrogen-bond donors (Lipinski definition) is 2. The topological polar surface area (TPSA) is 96.7 Å². The number of carbonyl (C=O) groups is 2. The number of benzene rings is 1. The summed E-state index contributed by atoms with van der Waals surface area (Å²) >= 11 is 0. The molecule has 0 spiro atoms. The number of allylic oxidation sites excluding steroid dienone is 1. The van der Waals surface area contributed by atoms with E-state index in [0.29, 0.717) is 6.42 Å². The van der Waals surface area contributed by atoms with Crippen LogP contribution in [0.25, 0.3) is 10.9 Å². The van der Waals surface area contributed by atoms with Crippen LogP contribution in [0.15, 0.2) is 42.1 Å². The molecule has 1 aliphatic rings. The van der Waals surface area contributed by atoms with Gasteiger partial charge in [0.25, 0.3) is 0 Å². The predicted molar refractivity (Wildman–Crippen MR) is 141 cm³/mol. The zero-order chi connectivity index (χ0) is 26.6. The first-order chi connectivity index (χ1) is 16.9. The second-order valence-corrected chi connectivity index (χ2v) is 11.2. The maximum atomic E-state index is 13.2. The maximum absolute atomic E-state index is 13.2. The van der Waals surface area contributed by atoms with E-state index in [9.17, 15) is 19.8 Å². The number of pyridine rings is 1. The Morgan fingerprint density at radius 1 is 1.08 bits per heavy atom. The highest BCUT2D eigenvalue weighted by Gasteiger charge is 2.42. The fourth-order valence-corrected chi connectivity index (χ4v) is 5.00. The van der Waals surface area contributed by atoms with Crippen LogP contribution < -0.4 is 0 Å². The average molecular weight is 496 g/mol. The number of fused-ring (bicyclic) bond motifs is 1. The van der Waals surface area contributed by atoms with Crippen LogP contribution >= 0.6 is 0 Å². The van der Waals surface area contributed by atoms with Crippen LogP contribution in [0.5, 0.6) is 0 Å². The van der Waals surface area contributed by atoms with Gasteiger partial charge in [-0.1, -0.05) is 51.5 Å². The highest BCUT2D eigenvalue weighted by atomic mass is 16.5. The quantitative estimate of drug-likeness (QED) is 0.393. The molecule has 0 saturated heterocycles. The van der Waals surface area contributed by atoms with Gasteiger partial charge in [-0.3, -0.25) is 14.6 Å². The lowest BCUT2D eigenvalue weighted by atomic mass is 9.73. The molecule has 36 heavy (non-hydrogen) atoms. The lowest BCUT2D eigenvalue weighted by Crippen LogP contribution is -2.45. The van der Waals surface area contributed by atoms with Crippen molar-refractivity contribution in [2.45, 2.75) is 92.0 Å². The molecule has 2 heterocycles. The van der Waals surface area contributed by atoms with Crippen LogP contribution in [0.3, 0.4) is 0 Å². The van der Waals surface area contributed by atoms with E-state index in [0.717, 1.165) is 41.3 Å². The van der Waals surface area contributed by atoms with E-state index < -0.39 is 35.6 Å². The van der Waals surface area contributed by atoms with Gasteiger partial charge < -0.3 is 14.9 Å². The fraction of sp³-hybridized carbons (Fsp3) is 0.567. The van der Waals surface area contributed by atoms with Gasteiger partial charge in [0.15, 0.2) is 0 Å². The van der Waals surface area contributed by atoms with Crippen molar-refractivity contribution in [2.75, 3.05) is 0 Å². The van der Waals surface area contributed by atoms with Gasteiger partial charge in [0.05, 0.1) is 29.6 Å². The van der Waals surface area contributed by atoms with Crippen molar-refractivity contribution >= 4 is 22.7 Å². The minimum Gasteiger partial charge on any atom is -0.457 e. The molecular formula is C30H41NO5. The zero-order valence-electron chi connectivity index (χ0n) is 22.5. The van der Waals surface area contributed by atoms with E-state index in [2.05, 4.69) is 24.1 Å². The highest BCUT2D eigenvalue weighted by Crippen LogP contribution is 2.33. The van der Waals surface area contributed by atoms with Crippen LogP contribution in [0.2, 0.25) is 0 Å². The first-order valence-electron chi connectivity index (χ1n) is 13.0. The van der Waals surface area contributed by atoms with Crippen molar-refractivity contribution < 1.29 is 24.5 Å². The molecule has 3 rings (SSSR count). The van der Waals surface area contributed by atoms with E-state index in [1.165, 1.54) is 5.57 Å². The Morgan fingerprint density at radius 3 is 2.53 bits per heavy atom. The molecule has 2 aromatic rings. The van der Waals surface area contributed by atoms with Crippen LogP contribution in [-0.4, -0.2) is 39.2 Å². The summed E-state index contributed by atoms with van der Waals surface area (Å²) in [7, 11) is 0. The Kier molecular flexibility index (Phi) is 9.07. The molecule has 1 aromatic carbocycles. The number of ether oxygens (including phenoxy) is 1. The van der Waals surface area contributed by atoms with Crippen molar-refractivity contribution in [1.82, 2.24) is 4.98 Å². The van der Waals surface area contributed by atoms with Crippen molar-refractivity contribution in [2.24, 2.45) is 17.3 Å². The lowest BCUT2D eigenvalue weighted by molar-refractivity contribution is -0.155. The van der Waals surface area contributed by atoms with Crippen molar-refractivity contribution in [3.8, 4) is 0 Å². The van der Waals surface area contributed by atoms with Gasteiger partial charge in [-0.15, -0.1) is 0 Å². The number of aliphatic hydroxyl groups is 2. The fourth-order valence-electron chi connectivity index (χ4n) is 5.00. The summed E-state index contributed by atoms with van der Waals surface area (Å²) in [5.41, 5.74) is 2.73. The molecule has 0 radical (unpaired) electrons. The largest absolute Gasteiger partial charge is 0.457 e. The summed E-state index contributed by atoms with van der Waals surface area (Å²) in [6.07, 6.45) is 4.10. The van der Waals surface area contributed by atoms with Gasteiger partial charge in [-0.2, -0.15) is 0 Å². The zero-order valence-corrected chi connectivity index (χ0v) is 22.5. The third-order valence-corrected chi connectivity index (χ3v) is 7.74. The van der Waals surface area contributed by atoms with Crippen molar-refractivity contribution in [3.63, 3.8) is 0 Å². The summed E-state index contributed by atoms with van der Waals surface area (Å²) < 4.78 is 5.89. The number of hydrogen-bond acceptors (Lipinski definition) is 6. The highest BCUT2D eigenvalue weighted by molar-refractivity contribution is 5.88. The molecule has 0 saturated carbocycles. The van der Waals surface area contributed by atoms with E-state index >= 15 is 0 Å². The molecule has 1 aromatic heterocycles. The molecule has 6 nitrogen and oxygen atoms in total. The Hall–Kier alpha value is -2.57. The van der Waals surface area contributed by atoms with Gasteiger partial charge in [0, 0.05) is 23.9 Å². The average Bonchev–Trinajstić information content (AvgIpc) is 2.83. The van der Waals surface area contributed by atoms with Crippen LogP contribution in [0, 0.1) is 24.2 Å². The standard InChI is InChI=1S/C30H41NO5/c1-18-8-7-9-20(3)28(34)21(4)29(35)30(5,6)26(32)16-27(33)36-25(13-10-18)23-12-11-22-14-19(2)17-31-24(22)15-23/h10-12,14-15,17,20-21,25-26,28,32,34H,7-9,13,16H2,1-6H3/t20?,21?,25-,26?,28-/m0/s1. The maximum Gasteiger partial charge on any atom is 0.309 e. The third kappa shape index (κ3) is 6.60. The molecule has 0 fully saturated rings. The number of aromatic nitrogens is 1. The number of carbonyl (C=O) groups excluding carboxylic acids is 2. The lowest BCUT2D eigenvalue weighted by Gasteiger charge is -2.34. The minimum atomic E-state index is -1.23. The first kappa shape index (κ1) is 28.0. The molecule has 6 heteroatoms. The monoisotopic (exact) mass is 495 g/mol. The Balaban J connectivity index is 1.92. The molecule has 0 bridgehead atoms. The number of rotatable bonds is 1. The number of cyclic esters (lactones) is 1. The number of aliphatic hydroxyl groups excluding tert-OH is 2. The van der Waals surface area contributed by atoms with Crippen LogP contribution in [0.4, 0.5) is 0 Å². The number of aryl methyl sites for hydroxylation is 1. The Bertz CT molecular complexity index is 1120. The van der Waals surface area contributed by atoms with Crippen LogP contribution in [-0.2, 0) is 14.3 Å². The smallest absolute Gasteiger partial charge is 0.309 e. The SMILES string of the molecule is CC1=CC[C@@H](c2ccc3cc(C)cnc3c2)OC(=O)CC(O)C(C)(C)C(=O)C(C)[C@@H](O)C(C)CCC1. The molecule has 196 valence electrons. The summed E-state index contributed by atoms with van der Waals surface area (Å²) in [6, 6.07) is 7.95. The van der Waals surface area contributed by atoms with Gasteiger partial charge in [-0.25, -0.2) is 0 Å². The summed E-state index contributed by atoms with van der Waals surface area (Å²) in [6.45, 7) is 11.0. The van der Waals surface area contributed by atoms with Crippen LogP contribution in [0.1, 0.15) is 84.0 Å². The van der Waals surface area contributed by atoms with Crippen molar-refractivity contribution in [3.05, 3.63) is 53.2 Å². The Labute approximate surface area is 214 Å². The molecule has 5 atom stereocenters. The first-order valence-corrected chi connectivity index (χ1v) is 13.0. The van der Waals surface area contributed by atoms with E-state index in [4.69, 9.17) is 4.74 Å². The summed E-state index contributed by atoms with van der Waals surface area (Å²) in [4.78, 5) is 30.7. The molecular weight excluding hydrogens is 454 g/mol. The minimum absolute atomic E-state index is 0.0518. The van der Waals surface area contributed by atoms with Gasteiger partial charge in [0.1, 0.15) is 11.9 Å². The summed E-state index contributed by atoms with van der Waals surface area (Å²) in [5, 5.41) is 22.7. The van der Waals surface area contributed by atoms with E-state index in [1.54, 1.807) is 20.8 Å². The number of nitrogens with zero attached hydrogens (tertiary/aromatic N) is 1. The normalized spacial score (nSPS) is 29.0. The molecule has 1 aliphatic heterocycles. The third-order valence-electron chi connectivity index (χ3n) is 7.74. The molecule has 3 unspecified atom stereocenters. The summed E-state index contributed by atoms with van der Waals surface area (Å²) in [5.74, 6) is -1.52. The van der Waals surface area contributed by atoms with E-state index in [1.807, 2.05) is 38.2 Å².